The van der Waals surface area contributed by atoms with E-state index < -0.39 is 0 Å². The molecular weight excluding hydrogens is 216 g/mol. The largest absolute Gasteiger partial charge is 0.340 e. The lowest BCUT2D eigenvalue weighted by atomic mass is 10.4. The van der Waals surface area contributed by atoms with Crippen LogP contribution < -0.4 is 10.2 Å². The number of thiazole rings is 1. The number of H-pyrrole nitrogens is 1. The minimum absolute atomic E-state index is 0.0396. The minimum Gasteiger partial charge on any atom is -0.340 e. The van der Waals surface area contributed by atoms with Crippen LogP contribution in [0, 0.1) is 6.92 Å². The van der Waals surface area contributed by atoms with E-state index in [-0.39, 0.29) is 4.87 Å². The standard InChI is InChI=1S/C8H10N4O2S/c1-5-10-7(12-14-5)3-9-2-6-4-15-8(13)11-6/h4,9H,2-3H2,1H3,(H,11,13). The van der Waals surface area contributed by atoms with E-state index in [1.807, 2.05) is 0 Å². The first kappa shape index (κ1) is 10.1. The van der Waals surface area contributed by atoms with Gasteiger partial charge in [-0.1, -0.05) is 16.5 Å². The van der Waals surface area contributed by atoms with E-state index in [4.69, 9.17) is 4.52 Å². The predicted octanol–water partition coefficient (Wildman–Crippen LogP) is 0.418. The van der Waals surface area contributed by atoms with Gasteiger partial charge in [-0.3, -0.25) is 4.79 Å². The van der Waals surface area contributed by atoms with E-state index in [0.717, 1.165) is 17.0 Å². The second-order valence-corrected chi connectivity index (χ2v) is 3.85. The van der Waals surface area contributed by atoms with Crippen LogP contribution in [0.3, 0.4) is 0 Å². The Morgan fingerprint density at radius 3 is 3.07 bits per heavy atom. The molecule has 7 heteroatoms. The summed E-state index contributed by atoms with van der Waals surface area (Å²) in [5, 5.41) is 8.62. The van der Waals surface area contributed by atoms with Crippen LogP contribution in [0.2, 0.25) is 0 Å². The van der Waals surface area contributed by atoms with Gasteiger partial charge in [-0.15, -0.1) is 0 Å². The molecule has 80 valence electrons. The molecule has 15 heavy (non-hydrogen) atoms. The molecule has 0 radical (unpaired) electrons. The summed E-state index contributed by atoms with van der Waals surface area (Å²) in [6.45, 7) is 2.86. The average Bonchev–Trinajstić information content (AvgIpc) is 2.76. The Labute approximate surface area is 89.3 Å². The van der Waals surface area contributed by atoms with E-state index >= 15 is 0 Å². The number of rotatable bonds is 4. The van der Waals surface area contributed by atoms with Crippen molar-refractivity contribution < 1.29 is 4.52 Å². The lowest BCUT2D eigenvalue weighted by Gasteiger charge is -1.97. The molecular formula is C8H10N4O2S. The van der Waals surface area contributed by atoms with Gasteiger partial charge >= 0.3 is 4.87 Å². The topological polar surface area (TPSA) is 83.8 Å². The fourth-order valence-corrected chi connectivity index (χ4v) is 1.70. The zero-order valence-electron chi connectivity index (χ0n) is 8.11. The summed E-state index contributed by atoms with van der Waals surface area (Å²) in [6.07, 6.45) is 0. The summed E-state index contributed by atoms with van der Waals surface area (Å²) in [4.78, 5) is 17.5. The summed E-state index contributed by atoms with van der Waals surface area (Å²) >= 11 is 1.15. The number of hydrogen-bond donors (Lipinski definition) is 2. The molecule has 0 atom stereocenters. The van der Waals surface area contributed by atoms with Gasteiger partial charge in [-0.2, -0.15) is 4.98 Å². The van der Waals surface area contributed by atoms with E-state index in [1.165, 1.54) is 0 Å². The quantitative estimate of drug-likeness (QED) is 0.789. The molecule has 0 aliphatic rings. The summed E-state index contributed by atoms with van der Waals surface area (Å²) in [5.74, 6) is 1.17. The molecule has 2 aromatic heterocycles. The number of aryl methyl sites for hydroxylation is 1. The van der Waals surface area contributed by atoms with Crippen molar-refractivity contribution in [1.29, 1.82) is 0 Å². The average molecular weight is 226 g/mol. The molecule has 0 bridgehead atoms. The van der Waals surface area contributed by atoms with Crippen LogP contribution in [0.1, 0.15) is 17.4 Å². The molecule has 0 spiro atoms. The number of aromatic amines is 1. The SMILES string of the molecule is Cc1nc(CNCc2csc(=O)[nH]2)no1. The van der Waals surface area contributed by atoms with Crippen molar-refractivity contribution in [3.63, 3.8) is 0 Å². The van der Waals surface area contributed by atoms with Crippen LogP contribution in [-0.4, -0.2) is 15.1 Å². The Kier molecular flexibility index (Phi) is 2.93. The second kappa shape index (κ2) is 4.37. The number of hydrogen-bond acceptors (Lipinski definition) is 6. The molecule has 0 amide bonds. The van der Waals surface area contributed by atoms with E-state index in [0.29, 0.717) is 24.8 Å². The van der Waals surface area contributed by atoms with Crippen molar-refractivity contribution in [2.24, 2.45) is 0 Å². The molecule has 6 nitrogen and oxygen atoms in total. The van der Waals surface area contributed by atoms with Gasteiger partial charge in [-0.25, -0.2) is 0 Å². The maximum absolute atomic E-state index is 10.8. The van der Waals surface area contributed by atoms with E-state index in [1.54, 1.807) is 12.3 Å². The van der Waals surface area contributed by atoms with Crippen molar-refractivity contribution >= 4 is 11.3 Å². The summed E-state index contributed by atoms with van der Waals surface area (Å²) < 4.78 is 4.81. The van der Waals surface area contributed by atoms with Crippen molar-refractivity contribution in [3.05, 3.63) is 32.5 Å². The molecule has 0 saturated heterocycles. The monoisotopic (exact) mass is 226 g/mol. The van der Waals surface area contributed by atoms with Crippen molar-refractivity contribution in [2.45, 2.75) is 20.0 Å². The third kappa shape index (κ3) is 2.74. The molecule has 0 saturated carbocycles. The Morgan fingerprint density at radius 1 is 1.60 bits per heavy atom. The number of nitrogens with one attached hydrogen (secondary N) is 2. The number of aromatic nitrogens is 3. The van der Waals surface area contributed by atoms with Gasteiger partial charge in [0.15, 0.2) is 5.82 Å². The Balaban J connectivity index is 1.82. The molecule has 0 unspecified atom stereocenters. The maximum Gasteiger partial charge on any atom is 0.304 e. The zero-order valence-corrected chi connectivity index (χ0v) is 8.93. The molecule has 2 N–H and O–H groups in total. The lowest BCUT2D eigenvalue weighted by Crippen LogP contribution is -2.14. The van der Waals surface area contributed by atoms with E-state index in [2.05, 4.69) is 20.4 Å². The first-order valence-electron chi connectivity index (χ1n) is 4.40. The van der Waals surface area contributed by atoms with Gasteiger partial charge in [-0.05, 0) is 0 Å². The Morgan fingerprint density at radius 2 is 2.47 bits per heavy atom. The Hall–Kier alpha value is -1.47. The van der Waals surface area contributed by atoms with Crippen LogP contribution >= 0.6 is 11.3 Å². The Bertz CT molecular complexity index is 487. The van der Waals surface area contributed by atoms with Gasteiger partial charge in [0.05, 0.1) is 6.54 Å². The highest BCUT2D eigenvalue weighted by Crippen LogP contribution is 1.97. The van der Waals surface area contributed by atoms with Gasteiger partial charge in [0, 0.05) is 24.5 Å². The molecule has 2 rings (SSSR count). The smallest absolute Gasteiger partial charge is 0.304 e. The molecule has 0 aromatic carbocycles. The van der Waals surface area contributed by atoms with Crippen LogP contribution in [0.5, 0.6) is 0 Å². The normalized spacial score (nSPS) is 10.7. The molecule has 0 aliphatic carbocycles. The van der Waals surface area contributed by atoms with Crippen molar-refractivity contribution in [1.82, 2.24) is 20.4 Å². The van der Waals surface area contributed by atoms with Gasteiger partial charge in [0.2, 0.25) is 5.89 Å². The first-order valence-corrected chi connectivity index (χ1v) is 5.28. The predicted molar refractivity (Wildman–Crippen MR) is 54.5 cm³/mol. The van der Waals surface area contributed by atoms with Crippen molar-refractivity contribution in [3.8, 4) is 0 Å². The highest BCUT2D eigenvalue weighted by atomic mass is 32.1. The summed E-state index contributed by atoms with van der Waals surface area (Å²) in [7, 11) is 0. The molecule has 0 fully saturated rings. The summed E-state index contributed by atoms with van der Waals surface area (Å²) in [6, 6.07) is 0. The van der Waals surface area contributed by atoms with Crippen LogP contribution in [0.25, 0.3) is 0 Å². The van der Waals surface area contributed by atoms with Crippen LogP contribution in [0.4, 0.5) is 0 Å². The fourth-order valence-electron chi connectivity index (χ4n) is 1.12. The maximum atomic E-state index is 10.8. The fraction of sp³-hybridized carbons (Fsp3) is 0.375. The number of nitrogens with zero attached hydrogens (tertiary/aromatic N) is 2. The summed E-state index contributed by atoms with van der Waals surface area (Å²) in [5.41, 5.74) is 0.866. The molecule has 2 aromatic rings. The van der Waals surface area contributed by atoms with Gasteiger partial charge in [0.1, 0.15) is 0 Å². The van der Waals surface area contributed by atoms with E-state index in [9.17, 15) is 4.79 Å². The van der Waals surface area contributed by atoms with Gasteiger partial charge < -0.3 is 14.8 Å². The molecule has 0 aliphatic heterocycles. The van der Waals surface area contributed by atoms with Crippen molar-refractivity contribution in [2.75, 3.05) is 0 Å². The zero-order chi connectivity index (χ0) is 10.7. The first-order chi connectivity index (χ1) is 7.24. The highest BCUT2D eigenvalue weighted by molar-refractivity contribution is 7.07. The molecule has 2 heterocycles. The van der Waals surface area contributed by atoms with Crippen LogP contribution in [-0.2, 0) is 13.1 Å². The van der Waals surface area contributed by atoms with Gasteiger partial charge in [0.25, 0.3) is 0 Å². The minimum atomic E-state index is -0.0396. The lowest BCUT2D eigenvalue weighted by molar-refractivity contribution is 0.385. The third-order valence-electron chi connectivity index (χ3n) is 1.74. The third-order valence-corrected chi connectivity index (χ3v) is 2.46. The second-order valence-electron chi connectivity index (χ2n) is 3.01. The van der Waals surface area contributed by atoms with Crippen LogP contribution in [0.15, 0.2) is 14.7 Å². The highest BCUT2D eigenvalue weighted by Gasteiger charge is 2.01.